The van der Waals surface area contributed by atoms with Gasteiger partial charge < -0.3 is 23.7 Å². The smallest absolute Gasteiger partial charge is 0.338 e. The average molecular weight is 274 g/mol. The van der Waals surface area contributed by atoms with Crippen molar-refractivity contribution in [3.05, 3.63) is 0 Å². The van der Waals surface area contributed by atoms with Crippen LogP contribution in [0.4, 0.5) is 0 Å². The number of esters is 1. The molecule has 0 aliphatic carbocycles. The van der Waals surface area contributed by atoms with Gasteiger partial charge in [-0.25, -0.2) is 4.79 Å². The number of carbonyl (C=O) groups excluding carboxylic acids is 1. The molecule has 0 N–H and O–H groups in total. The van der Waals surface area contributed by atoms with E-state index in [9.17, 15) is 4.79 Å². The summed E-state index contributed by atoms with van der Waals surface area (Å²) in [4.78, 5) is 12.0. The predicted molar refractivity (Wildman–Crippen MR) is 65.3 cm³/mol. The van der Waals surface area contributed by atoms with Crippen molar-refractivity contribution < 1.29 is 28.5 Å². The lowest BCUT2D eigenvalue weighted by Gasteiger charge is -2.23. The number of ether oxygens (including phenoxy) is 5. The molecule has 0 saturated carbocycles. The second-order valence-corrected chi connectivity index (χ2v) is 5.75. The third-order valence-electron chi connectivity index (χ3n) is 3.03. The summed E-state index contributed by atoms with van der Waals surface area (Å²) in [6.45, 7) is 7.91. The SMILES string of the molecule is COC1OC(C(=O)OCC(C)C)C2OC(C)(C)OC12. The standard InChI is InChI=1S/C13H22O6/c1-7(2)6-16-11(14)9-8-10(12(15-5)17-9)19-13(3,4)18-8/h7-10,12H,6H2,1-5H3. The van der Waals surface area contributed by atoms with Gasteiger partial charge in [-0.1, -0.05) is 13.8 Å². The van der Waals surface area contributed by atoms with Gasteiger partial charge in [0.25, 0.3) is 0 Å². The minimum atomic E-state index is -0.796. The quantitative estimate of drug-likeness (QED) is 0.715. The van der Waals surface area contributed by atoms with Crippen molar-refractivity contribution in [2.75, 3.05) is 13.7 Å². The first kappa shape index (κ1) is 14.7. The van der Waals surface area contributed by atoms with Crippen LogP contribution in [-0.2, 0) is 28.5 Å². The summed E-state index contributed by atoms with van der Waals surface area (Å²) in [6.07, 6.45) is -2.30. The van der Waals surface area contributed by atoms with Crippen molar-refractivity contribution in [3.8, 4) is 0 Å². The summed E-state index contributed by atoms with van der Waals surface area (Å²) < 4.78 is 27.3. The third kappa shape index (κ3) is 3.08. The normalized spacial score (nSPS) is 36.5. The molecule has 19 heavy (non-hydrogen) atoms. The van der Waals surface area contributed by atoms with Crippen molar-refractivity contribution >= 4 is 5.97 Å². The van der Waals surface area contributed by atoms with Gasteiger partial charge in [0.2, 0.25) is 0 Å². The van der Waals surface area contributed by atoms with Gasteiger partial charge in [0.05, 0.1) is 6.61 Å². The molecule has 0 spiro atoms. The van der Waals surface area contributed by atoms with Crippen molar-refractivity contribution in [3.63, 3.8) is 0 Å². The Labute approximate surface area is 113 Å². The van der Waals surface area contributed by atoms with Crippen LogP contribution >= 0.6 is 0 Å². The first-order valence-corrected chi connectivity index (χ1v) is 6.54. The van der Waals surface area contributed by atoms with E-state index in [1.54, 1.807) is 13.8 Å². The Hall–Kier alpha value is -0.690. The summed E-state index contributed by atoms with van der Waals surface area (Å²) in [6, 6.07) is 0. The van der Waals surface area contributed by atoms with Crippen LogP contribution < -0.4 is 0 Å². The molecule has 2 aliphatic rings. The fourth-order valence-corrected chi connectivity index (χ4v) is 2.27. The summed E-state index contributed by atoms with van der Waals surface area (Å²) >= 11 is 0. The Bertz CT molecular complexity index is 340. The number of carbonyl (C=O) groups is 1. The fourth-order valence-electron chi connectivity index (χ4n) is 2.27. The summed E-state index contributed by atoms with van der Waals surface area (Å²) in [5.41, 5.74) is 0. The first-order valence-electron chi connectivity index (χ1n) is 6.54. The molecule has 4 unspecified atom stereocenters. The van der Waals surface area contributed by atoms with Gasteiger partial charge >= 0.3 is 5.97 Å². The molecule has 2 rings (SSSR count). The van der Waals surface area contributed by atoms with Crippen LogP contribution in [0.2, 0.25) is 0 Å². The van der Waals surface area contributed by atoms with E-state index in [2.05, 4.69) is 0 Å². The molecule has 4 atom stereocenters. The average Bonchev–Trinajstić information content (AvgIpc) is 2.78. The van der Waals surface area contributed by atoms with Crippen molar-refractivity contribution in [1.82, 2.24) is 0 Å². The van der Waals surface area contributed by atoms with Gasteiger partial charge in [0.1, 0.15) is 12.2 Å². The van der Waals surface area contributed by atoms with E-state index in [0.29, 0.717) is 6.61 Å². The van der Waals surface area contributed by atoms with Crippen LogP contribution in [0.25, 0.3) is 0 Å². The second-order valence-electron chi connectivity index (χ2n) is 5.75. The molecule has 6 heteroatoms. The Morgan fingerprint density at radius 2 is 1.89 bits per heavy atom. The molecule has 0 aromatic rings. The summed E-state index contributed by atoms with van der Waals surface area (Å²) in [5.74, 6) is -0.895. The highest BCUT2D eigenvalue weighted by Gasteiger charge is 2.58. The Morgan fingerprint density at radius 3 is 2.47 bits per heavy atom. The molecule has 0 bridgehead atoms. The molecule has 2 heterocycles. The fraction of sp³-hybridized carbons (Fsp3) is 0.923. The maximum atomic E-state index is 12.0. The highest BCUT2D eigenvalue weighted by Crippen LogP contribution is 2.39. The lowest BCUT2D eigenvalue weighted by atomic mass is 10.1. The van der Waals surface area contributed by atoms with Crippen LogP contribution in [0, 0.1) is 5.92 Å². The lowest BCUT2D eigenvalue weighted by molar-refractivity contribution is -0.230. The van der Waals surface area contributed by atoms with E-state index in [-0.39, 0.29) is 5.92 Å². The van der Waals surface area contributed by atoms with Gasteiger partial charge in [-0.2, -0.15) is 0 Å². The summed E-state index contributed by atoms with van der Waals surface area (Å²) in [7, 11) is 1.51. The maximum absolute atomic E-state index is 12.0. The molecule has 2 saturated heterocycles. The number of methoxy groups -OCH3 is 1. The van der Waals surface area contributed by atoms with Crippen molar-refractivity contribution in [1.29, 1.82) is 0 Å². The molecule has 2 aliphatic heterocycles. The monoisotopic (exact) mass is 274 g/mol. The molecular formula is C13H22O6. The van der Waals surface area contributed by atoms with Gasteiger partial charge in [-0.3, -0.25) is 0 Å². The minimum absolute atomic E-state index is 0.275. The number of hydrogen-bond donors (Lipinski definition) is 0. The zero-order chi connectivity index (χ0) is 14.2. The largest absolute Gasteiger partial charge is 0.463 e. The van der Waals surface area contributed by atoms with Gasteiger partial charge in [-0.15, -0.1) is 0 Å². The van der Waals surface area contributed by atoms with E-state index >= 15 is 0 Å². The highest BCUT2D eigenvalue weighted by molar-refractivity contribution is 5.76. The number of rotatable bonds is 4. The first-order chi connectivity index (χ1) is 8.84. The zero-order valence-electron chi connectivity index (χ0n) is 12.0. The maximum Gasteiger partial charge on any atom is 0.338 e. The lowest BCUT2D eigenvalue weighted by Crippen LogP contribution is -2.37. The van der Waals surface area contributed by atoms with Crippen LogP contribution in [0.15, 0.2) is 0 Å². The summed E-state index contributed by atoms with van der Waals surface area (Å²) in [5, 5.41) is 0. The zero-order valence-corrected chi connectivity index (χ0v) is 12.0. The number of fused-ring (bicyclic) bond motifs is 1. The Balaban J connectivity index is 2.03. The van der Waals surface area contributed by atoms with E-state index < -0.39 is 36.4 Å². The van der Waals surface area contributed by atoms with Gasteiger partial charge in [0, 0.05) is 7.11 Å². The third-order valence-corrected chi connectivity index (χ3v) is 3.03. The molecule has 110 valence electrons. The Kier molecular flexibility index (Phi) is 4.15. The Morgan fingerprint density at radius 1 is 1.26 bits per heavy atom. The molecule has 0 amide bonds. The number of hydrogen-bond acceptors (Lipinski definition) is 6. The minimum Gasteiger partial charge on any atom is -0.463 e. The van der Waals surface area contributed by atoms with E-state index in [0.717, 1.165) is 0 Å². The predicted octanol–water partition coefficient (Wildman–Crippen LogP) is 1.08. The molecule has 0 aromatic heterocycles. The van der Waals surface area contributed by atoms with Crippen LogP contribution in [-0.4, -0.2) is 50.1 Å². The van der Waals surface area contributed by atoms with E-state index in [4.69, 9.17) is 23.7 Å². The highest BCUT2D eigenvalue weighted by atomic mass is 16.8. The molecular weight excluding hydrogens is 252 g/mol. The van der Waals surface area contributed by atoms with Gasteiger partial charge in [-0.05, 0) is 19.8 Å². The topological polar surface area (TPSA) is 63.2 Å². The molecule has 0 radical (unpaired) electrons. The van der Waals surface area contributed by atoms with E-state index in [1.165, 1.54) is 7.11 Å². The van der Waals surface area contributed by atoms with Crippen LogP contribution in [0.5, 0.6) is 0 Å². The van der Waals surface area contributed by atoms with Gasteiger partial charge in [0.15, 0.2) is 18.2 Å². The van der Waals surface area contributed by atoms with Crippen LogP contribution in [0.3, 0.4) is 0 Å². The second kappa shape index (κ2) is 5.36. The van der Waals surface area contributed by atoms with Crippen LogP contribution in [0.1, 0.15) is 27.7 Å². The van der Waals surface area contributed by atoms with Crippen molar-refractivity contribution in [2.45, 2.75) is 58.1 Å². The molecule has 0 aromatic carbocycles. The molecule has 6 nitrogen and oxygen atoms in total. The van der Waals surface area contributed by atoms with E-state index in [1.807, 2.05) is 13.8 Å². The van der Waals surface area contributed by atoms with Crippen molar-refractivity contribution in [2.24, 2.45) is 5.92 Å². The molecule has 2 fully saturated rings.